The number of phenolic OH excluding ortho intramolecular Hbond substituents is 1. The molecule has 0 aliphatic heterocycles. The predicted molar refractivity (Wildman–Crippen MR) is 102 cm³/mol. The lowest BCUT2D eigenvalue weighted by atomic mass is 10.2. The van der Waals surface area contributed by atoms with Gasteiger partial charge in [-0.2, -0.15) is 5.10 Å². The van der Waals surface area contributed by atoms with E-state index in [9.17, 15) is 9.90 Å². The van der Waals surface area contributed by atoms with Crippen LogP contribution in [0.25, 0.3) is 0 Å². The van der Waals surface area contributed by atoms with Crippen LogP contribution in [-0.2, 0) is 4.79 Å². The highest BCUT2D eigenvalue weighted by molar-refractivity contribution is 9.11. The van der Waals surface area contributed by atoms with E-state index in [0.717, 1.165) is 15.7 Å². The Labute approximate surface area is 158 Å². The van der Waals surface area contributed by atoms with Gasteiger partial charge in [0, 0.05) is 10.2 Å². The highest BCUT2D eigenvalue weighted by atomic mass is 79.9. The van der Waals surface area contributed by atoms with E-state index < -0.39 is 0 Å². The normalized spacial score (nSPS) is 10.7. The SMILES string of the molecule is O=C(CNc1ccc(Br)cc1)N/N=C\c1cc(Br)c(O)c(Br)c1. The minimum Gasteiger partial charge on any atom is -0.506 e. The van der Waals surface area contributed by atoms with Crippen molar-refractivity contribution in [1.82, 2.24) is 5.43 Å². The Bertz CT molecular complexity index is 710. The van der Waals surface area contributed by atoms with Gasteiger partial charge in [-0.25, -0.2) is 5.43 Å². The van der Waals surface area contributed by atoms with Crippen molar-refractivity contribution < 1.29 is 9.90 Å². The van der Waals surface area contributed by atoms with Crippen LogP contribution in [0.4, 0.5) is 5.69 Å². The standard InChI is InChI=1S/C15H12Br3N3O2/c16-10-1-3-11(4-2-10)19-8-14(22)21-20-7-9-5-12(17)15(23)13(18)6-9/h1-7,19,23H,8H2,(H,21,22)/b20-7-. The smallest absolute Gasteiger partial charge is 0.259 e. The van der Waals surface area contributed by atoms with Crippen LogP contribution >= 0.6 is 47.8 Å². The molecule has 2 aromatic rings. The Kier molecular flexibility index (Phi) is 6.61. The third kappa shape index (κ3) is 5.63. The molecule has 2 aromatic carbocycles. The van der Waals surface area contributed by atoms with Gasteiger partial charge in [0.15, 0.2) is 0 Å². The van der Waals surface area contributed by atoms with Crippen molar-refractivity contribution in [2.75, 3.05) is 11.9 Å². The van der Waals surface area contributed by atoms with Crippen LogP contribution in [0, 0.1) is 0 Å². The Morgan fingerprint density at radius 3 is 2.35 bits per heavy atom. The van der Waals surface area contributed by atoms with Gasteiger partial charge in [0.2, 0.25) is 0 Å². The lowest BCUT2D eigenvalue weighted by Crippen LogP contribution is -2.25. The molecule has 0 radical (unpaired) electrons. The number of nitrogens with zero attached hydrogens (tertiary/aromatic N) is 1. The fourth-order valence-electron chi connectivity index (χ4n) is 1.63. The summed E-state index contributed by atoms with van der Waals surface area (Å²) in [6, 6.07) is 10.9. The van der Waals surface area contributed by atoms with Gasteiger partial charge in [-0.15, -0.1) is 0 Å². The van der Waals surface area contributed by atoms with E-state index in [1.165, 1.54) is 6.21 Å². The minimum atomic E-state index is -0.263. The molecular weight excluding hydrogens is 494 g/mol. The quantitative estimate of drug-likeness (QED) is 0.420. The maximum absolute atomic E-state index is 11.7. The van der Waals surface area contributed by atoms with Gasteiger partial charge in [-0.05, 0) is 73.8 Å². The number of hydrogen-bond acceptors (Lipinski definition) is 4. The van der Waals surface area contributed by atoms with E-state index in [4.69, 9.17) is 0 Å². The molecule has 0 bridgehead atoms. The number of aromatic hydroxyl groups is 1. The molecule has 120 valence electrons. The van der Waals surface area contributed by atoms with Gasteiger partial charge in [0.25, 0.3) is 5.91 Å². The average Bonchev–Trinajstić information content (AvgIpc) is 2.52. The summed E-state index contributed by atoms with van der Waals surface area (Å²) in [7, 11) is 0. The molecule has 0 aliphatic rings. The molecule has 8 heteroatoms. The lowest BCUT2D eigenvalue weighted by Gasteiger charge is -2.05. The Morgan fingerprint density at radius 2 is 1.74 bits per heavy atom. The first-order chi connectivity index (χ1) is 11.0. The summed E-state index contributed by atoms with van der Waals surface area (Å²) in [6.07, 6.45) is 1.49. The van der Waals surface area contributed by atoms with Crippen molar-refractivity contribution in [3.8, 4) is 5.75 Å². The molecule has 0 aromatic heterocycles. The lowest BCUT2D eigenvalue weighted by molar-refractivity contribution is -0.119. The van der Waals surface area contributed by atoms with Crippen molar-refractivity contribution >= 4 is 65.6 Å². The summed E-state index contributed by atoms with van der Waals surface area (Å²) in [5.41, 5.74) is 4.00. The molecule has 3 N–H and O–H groups in total. The highest BCUT2D eigenvalue weighted by Crippen LogP contribution is 2.32. The molecule has 0 saturated heterocycles. The molecule has 0 heterocycles. The molecule has 0 atom stereocenters. The maximum atomic E-state index is 11.7. The van der Waals surface area contributed by atoms with Crippen molar-refractivity contribution in [2.45, 2.75) is 0 Å². The number of hydrazone groups is 1. The van der Waals surface area contributed by atoms with Gasteiger partial charge < -0.3 is 10.4 Å². The molecular formula is C15H12Br3N3O2. The zero-order valence-corrected chi connectivity index (χ0v) is 16.4. The maximum Gasteiger partial charge on any atom is 0.259 e. The first-order valence-electron chi connectivity index (χ1n) is 6.45. The van der Waals surface area contributed by atoms with Gasteiger partial charge in [-0.3, -0.25) is 4.79 Å². The van der Waals surface area contributed by atoms with E-state index in [0.29, 0.717) is 8.95 Å². The van der Waals surface area contributed by atoms with Crippen LogP contribution in [0.15, 0.2) is 54.9 Å². The number of phenols is 1. The van der Waals surface area contributed by atoms with Crippen molar-refractivity contribution in [3.63, 3.8) is 0 Å². The molecule has 0 unspecified atom stereocenters. The predicted octanol–water partition coefficient (Wildman–Crippen LogP) is 4.24. The second-order valence-corrected chi connectivity index (χ2v) is 7.11. The number of rotatable bonds is 5. The van der Waals surface area contributed by atoms with Crippen molar-refractivity contribution in [2.24, 2.45) is 5.10 Å². The molecule has 2 rings (SSSR count). The highest BCUT2D eigenvalue weighted by Gasteiger charge is 2.05. The molecule has 0 saturated carbocycles. The van der Waals surface area contributed by atoms with E-state index in [2.05, 4.69) is 63.6 Å². The van der Waals surface area contributed by atoms with Crippen molar-refractivity contribution in [3.05, 3.63) is 55.4 Å². The van der Waals surface area contributed by atoms with Gasteiger partial charge in [-0.1, -0.05) is 15.9 Å². The summed E-state index contributed by atoms with van der Waals surface area (Å²) >= 11 is 9.81. The fraction of sp³-hybridized carbons (Fsp3) is 0.0667. The third-order valence-corrected chi connectivity index (χ3v) is 4.48. The van der Waals surface area contributed by atoms with Crippen LogP contribution in [0.5, 0.6) is 5.75 Å². The monoisotopic (exact) mass is 503 g/mol. The van der Waals surface area contributed by atoms with Crippen LogP contribution in [0.1, 0.15) is 5.56 Å². The van der Waals surface area contributed by atoms with Gasteiger partial charge in [0.05, 0.1) is 21.7 Å². The van der Waals surface area contributed by atoms with E-state index in [1.807, 2.05) is 24.3 Å². The van der Waals surface area contributed by atoms with Crippen LogP contribution in [-0.4, -0.2) is 23.8 Å². The van der Waals surface area contributed by atoms with E-state index in [1.54, 1.807) is 12.1 Å². The number of halogens is 3. The van der Waals surface area contributed by atoms with Crippen molar-refractivity contribution in [1.29, 1.82) is 0 Å². The Balaban J connectivity index is 1.85. The topological polar surface area (TPSA) is 73.7 Å². The summed E-state index contributed by atoms with van der Waals surface area (Å²) in [4.78, 5) is 11.7. The second kappa shape index (κ2) is 8.47. The minimum absolute atomic E-state index is 0.113. The van der Waals surface area contributed by atoms with E-state index in [-0.39, 0.29) is 18.2 Å². The number of hydrogen-bond donors (Lipinski definition) is 3. The number of anilines is 1. The summed E-state index contributed by atoms with van der Waals surface area (Å²) in [6.45, 7) is 0.113. The number of carbonyl (C=O) groups is 1. The second-order valence-electron chi connectivity index (χ2n) is 4.49. The Hall–Kier alpha value is -1.38. The zero-order valence-electron chi connectivity index (χ0n) is 11.7. The molecule has 5 nitrogen and oxygen atoms in total. The molecule has 0 fully saturated rings. The molecule has 0 spiro atoms. The number of nitrogens with one attached hydrogen (secondary N) is 2. The van der Waals surface area contributed by atoms with Gasteiger partial charge in [0.1, 0.15) is 5.75 Å². The summed E-state index contributed by atoms with van der Waals surface area (Å²) in [5, 5.41) is 16.5. The summed E-state index contributed by atoms with van der Waals surface area (Å²) in [5.74, 6) is -0.147. The Morgan fingerprint density at radius 1 is 1.13 bits per heavy atom. The number of benzene rings is 2. The average molecular weight is 506 g/mol. The largest absolute Gasteiger partial charge is 0.506 e. The molecule has 0 aliphatic carbocycles. The third-order valence-electron chi connectivity index (χ3n) is 2.74. The first-order valence-corrected chi connectivity index (χ1v) is 8.83. The number of carbonyl (C=O) groups excluding carboxylic acids is 1. The van der Waals surface area contributed by atoms with Gasteiger partial charge >= 0.3 is 0 Å². The van der Waals surface area contributed by atoms with Crippen LogP contribution < -0.4 is 10.7 Å². The number of amides is 1. The molecule has 1 amide bonds. The molecule has 23 heavy (non-hydrogen) atoms. The zero-order chi connectivity index (χ0) is 16.8. The fourth-order valence-corrected chi connectivity index (χ4v) is 3.11. The van der Waals surface area contributed by atoms with Crippen LogP contribution in [0.3, 0.4) is 0 Å². The van der Waals surface area contributed by atoms with Crippen LogP contribution in [0.2, 0.25) is 0 Å². The first kappa shape index (κ1) is 18.0. The summed E-state index contributed by atoms with van der Waals surface area (Å²) < 4.78 is 2.05. The van der Waals surface area contributed by atoms with E-state index >= 15 is 0 Å².